The van der Waals surface area contributed by atoms with Crippen molar-refractivity contribution in [2.24, 2.45) is 0 Å². The van der Waals surface area contributed by atoms with Crippen molar-refractivity contribution in [1.82, 2.24) is 15.2 Å². The van der Waals surface area contributed by atoms with E-state index in [9.17, 15) is 9.59 Å². The van der Waals surface area contributed by atoms with Crippen LogP contribution in [0.3, 0.4) is 0 Å². The van der Waals surface area contributed by atoms with Gasteiger partial charge in [0.15, 0.2) is 5.13 Å². The number of hydrogen-bond donors (Lipinski definition) is 2. The van der Waals surface area contributed by atoms with E-state index in [1.165, 1.54) is 18.3 Å². The van der Waals surface area contributed by atoms with Crippen LogP contribution >= 0.6 is 11.3 Å². The van der Waals surface area contributed by atoms with Gasteiger partial charge in [-0.1, -0.05) is 12.1 Å². The quantitative estimate of drug-likeness (QED) is 0.849. The molecule has 1 heterocycles. The maximum Gasteiger partial charge on any atom is 0.251 e. The van der Waals surface area contributed by atoms with Crippen molar-refractivity contribution < 1.29 is 9.59 Å². The zero-order valence-electron chi connectivity index (χ0n) is 13.4. The Kier molecular flexibility index (Phi) is 5.84. The molecule has 1 aromatic heterocycles. The van der Waals surface area contributed by atoms with Crippen LogP contribution in [0.2, 0.25) is 0 Å². The Balaban J connectivity index is 1.91. The Morgan fingerprint density at radius 3 is 2.52 bits per heavy atom. The first kappa shape index (κ1) is 17.1. The number of thiazole rings is 1. The molecule has 7 heteroatoms. The maximum absolute atomic E-state index is 11.5. The maximum atomic E-state index is 11.5. The van der Waals surface area contributed by atoms with Gasteiger partial charge >= 0.3 is 0 Å². The molecule has 0 aliphatic carbocycles. The molecule has 0 bridgehead atoms. The summed E-state index contributed by atoms with van der Waals surface area (Å²) in [5.74, 6) is -0.201. The first-order valence-corrected chi connectivity index (χ1v) is 8.07. The number of amides is 2. The number of anilines is 1. The topological polar surface area (TPSA) is 74.3 Å². The highest BCUT2D eigenvalue weighted by Gasteiger charge is 2.08. The molecule has 0 atom stereocenters. The molecule has 2 amide bonds. The lowest BCUT2D eigenvalue weighted by atomic mass is 10.1. The van der Waals surface area contributed by atoms with E-state index in [4.69, 9.17) is 0 Å². The highest BCUT2D eigenvalue weighted by atomic mass is 32.1. The summed E-state index contributed by atoms with van der Waals surface area (Å²) in [5, 5.41) is 7.85. The first-order chi connectivity index (χ1) is 11.0. The number of benzene rings is 1. The third kappa shape index (κ3) is 5.15. The van der Waals surface area contributed by atoms with Gasteiger partial charge < -0.3 is 10.6 Å². The van der Waals surface area contributed by atoms with Crippen molar-refractivity contribution in [2.75, 3.05) is 19.4 Å². The van der Waals surface area contributed by atoms with Gasteiger partial charge in [-0.3, -0.25) is 14.5 Å². The van der Waals surface area contributed by atoms with Crippen LogP contribution in [0.4, 0.5) is 5.13 Å². The normalized spacial score (nSPS) is 10.6. The Morgan fingerprint density at radius 2 is 1.91 bits per heavy atom. The van der Waals surface area contributed by atoms with Crippen LogP contribution in [-0.2, 0) is 17.9 Å². The molecule has 0 saturated carbocycles. The Bertz CT molecular complexity index is 682. The zero-order valence-corrected chi connectivity index (χ0v) is 14.2. The lowest BCUT2D eigenvalue weighted by Gasteiger charge is -2.15. The Hall–Kier alpha value is -2.25. The Morgan fingerprint density at radius 1 is 1.22 bits per heavy atom. The summed E-state index contributed by atoms with van der Waals surface area (Å²) in [7, 11) is 3.62. The third-order valence-corrected chi connectivity index (χ3v) is 3.97. The van der Waals surface area contributed by atoms with E-state index in [0.717, 1.165) is 17.8 Å². The van der Waals surface area contributed by atoms with Gasteiger partial charge in [-0.25, -0.2) is 4.98 Å². The van der Waals surface area contributed by atoms with Gasteiger partial charge in [-0.2, -0.15) is 0 Å². The molecule has 0 unspecified atom stereocenters. The predicted molar refractivity (Wildman–Crippen MR) is 91.4 cm³/mol. The highest BCUT2D eigenvalue weighted by Crippen LogP contribution is 2.17. The van der Waals surface area contributed by atoms with E-state index in [2.05, 4.69) is 20.5 Å². The lowest BCUT2D eigenvalue weighted by molar-refractivity contribution is -0.114. The van der Waals surface area contributed by atoms with E-state index in [1.807, 2.05) is 36.7 Å². The molecule has 0 radical (unpaired) electrons. The molecule has 122 valence electrons. The van der Waals surface area contributed by atoms with Crippen molar-refractivity contribution in [3.05, 3.63) is 46.5 Å². The van der Waals surface area contributed by atoms with Gasteiger partial charge in [0.25, 0.3) is 5.91 Å². The van der Waals surface area contributed by atoms with E-state index in [1.54, 1.807) is 7.05 Å². The van der Waals surface area contributed by atoms with Crippen molar-refractivity contribution >= 4 is 28.3 Å². The molecule has 1 aromatic carbocycles. The van der Waals surface area contributed by atoms with Gasteiger partial charge in [0.05, 0.1) is 5.69 Å². The molecule has 2 N–H and O–H groups in total. The first-order valence-electron chi connectivity index (χ1n) is 7.19. The number of hydrogen-bond acceptors (Lipinski definition) is 5. The summed E-state index contributed by atoms with van der Waals surface area (Å²) in [6, 6.07) is 7.54. The fourth-order valence-electron chi connectivity index (χ4n) is 2.14. The summed E-state index contributed by atoms with van der Waals surface area (Å²) in [5.41, 5.74) is 2.69. The molecule has 6 nitrogen and oxygen atoms in total. The number of aromatic nitrogens is 1. The van der Waals surface area contributed by atoms with Gasteiger partial charge in [0.1, 0.15) is 0 Å². The van der Waals surface area contributed by atoms with Crippen LogP contribution in [-0.4, -0.2) is 35.8 Å². The summed E-state index contributed by atoms with van der Waals surface area (Å²) in [6.07, 6.45) is 0. The minimum atomic E-state index is -0.115. The number of rotatable bonds is 6. The third-order valence-electron chi connectivity index (χ3n) is 3.16. The van der Waals surface area contributed by atoms with Crippen LogP contribution in [0.25, 0.3) is 0 Å². The van der Waals surface area contributed by atoms with Crippen molar-refractivity contribution in [1.29, 1.82) is 0 Å². The van der Waals surface area contributed by atoms with Gasteiger partial charge in [-0.15, -0.1) is 11.3 Å². The molecule has 0 aliphatic heterocycles. The van der Waals surface area contributed by atoms with Crippen molar-refractivity contribution in [3.8, 4) is 0 Å². The van der Waals surface area contributed by atoms with E-state index >= 15 is 0 Å². The second kappa shape index (κ2) is 7.85. The van der Waals surface area contributed by atoms with Gasteiger partial charge in [0.2, 0.25) is 5.91 Å². The van der Waals surface area contributed by atoms with Crippen molar-refractivity contribution in [3.63, 3.8) is 0 Å². The fraction of sp³-hybridized carbons (Fsp3) is 0.312. The number of carbonyl (C=O) groups excluding carboxylic acids is 2. The number of carbonyl (C=O) groups is 2. The molecule has 23 heavy (non-hydrogen) atoms. The smallest absolute Gasteiger partial charge is 0.251 e. The standard InChI is InChI=1S/C16H20N4O2S/c1-11(21)18-16-19-14(10-23-16)9-20(3)8-12-4-6-13(7-5-12)15(22)17-2/h4-7,10H,8-9H2,1-3H3,(H,17,22)(H,18,19,21). The average molecular weight is 332 g/mol. The number of nitrogens with one attached hydrogen (secondary N) is 2. The SMILES string of the molecule is CNC(=O)c1ccc(CN(C)Cc2csc(NC(C)=O)n2)cc1. The largest absolute Gasteiger partial charge is 0.355 e. The van der Waals surface area contributed by atoms with Crippen LogP contribution in [0, 0.1) is 0 Å². The zero-order chi connectivity index (χ0) is 16.8. The van der Waals surface area contributed by atoms with E-state index in [-0.39, 0.29) is 11.8 Å². The summed E-state index contributed by atoms with van der Waals surface area (Å²) >= 11 is 1.42. The van der Waals surface area contributed by atoms with Crippen LogP contribution in [0.15, 0.2) is 29.6 Å². The molecule has 2 rings (SSSR count). The van der Waals surface area contributed by atoms with Crippen molar-refractivity contribution in [2.45, 2.75) is 20.0 Å². The second-order valence-electron chi connectivity index (χ2n) is 5.27. The molecule has 0 saturated heterocycles. The van der Waals surface area contributed by atoms with Gasteiger partial charge in [0, 0.05) is 38.0 Å². The minimum absolute atomic E-state index is 0.0853. The van der Waals surface area contributed by atoms with E-state index < -0.39 is 0 Å². The molecular formula is C16H20N4O2S. The summed E-state index contributed by atoms with van der Waals surface area (Å²) in [6.45, 7) is 2.91. The molecule has 2 aromatic rings. The van der Waals surface area contributed by atoms with E-state index in [0.29, 0.717) is 17.2 Å². The summed E-state index contributed by atoms with van der Waals surface area (Å²) in [4.78, 5) is 29.0. The molecule has 0 spiro atoms. The molecule has 0 aliphatic rings. The molecular weight excluding hydrogens is 312 g/mol. The predicted octanol–water partition coefficient (Wildman–Crippen LogP) is 2.09. The fourth-order valence-corrected chi connectivity index (χ4v) is 2.89. The monoisotopic (exact) mass is 332 g/mol. The molecule has 0 fully saturated rings. The van der Waals surface area contributed by atoms with Crippen LogP contribution in [0.5, 0.6) is 0 Å². The average Bonchev–Trinajstić information content (AvgIpc) is 2.93. The minimum Gasteiger partial charge on any atom is -0.355 e. The second-order valence-corrected chi connectivity index (χ2v) is 6.13. The Labute approximate surface area is 139 Å². The highest BCUT2D eigenvalue weighted by molar-refractivity contribution is 7.13. The lowest BCUT2D eigenvalue weighted by Crippen LogP contribution is -2.19. The van der Waals surface area contributed by atoms with Crippen LogP contribution in [0.1, 0.15) is 28.5 Å². The van der Waals surface area contributed by atoms with Gasteiger partial charge in [-0.05, 0) is 24.7 Å². The van der Waals surface area contributed by atoms with Crippen LogP contribution < -0.4 is 10.6 Å². The number of nitrogens with zero attached hydrogens (tertiary/aromatic N) is 2. The summed E-state index contributed by atoms with van der Waals surface area (Å²) < 4.78 is 0.